The van der Waals surface area contributed by atoms with E-state index in [1.54, 1.807) is 7.11 Å². The van der Waals surface area contributed by atoms with E-state index in [0.717, 1.165) is 29.9 Å². The predicted molar refractivity (Wildman–Crippen MR) is 99.1 cm³/mol. The number of methoxy groups -OCH3 is 1. The van der Waals surface area contributed by atoms with Gasteiger partial charge in [0.15, 0.2) is 0 Å². The summed E-state index contributed by atoms with van der Waals surface area (Å²) < 4.78 is 7.52. The molecule has 134 valence electrons. The van der Waals surface area contributed by atoms with Crippen LogP contribution in [0.4, 0.5) is 0 Å². The molecule has 2 aromatic rings. The zero-order valence-corrected chi connectivity index (χ0v) is 15.0. The molecule has 25 heavy (non-hydrogen) atoms. The number of likely N-dealkylation sites (tertiary alicyclic amines) is 1. The molecule has 1 N–H and O–H groups in total. The number of rotatable bonds is 5. The Morgan fingerprint density at radius 3 is 2.76 bits per heavy atom. The van der Waals surface area contributed by atoms with Gasteiger partial charge < -0.3 is 10.1 Å². The van der Waals surface area contributed by atoms with Crippen molar-refractivity contribution >= 4 is 0 Å². The third-order valence-electron chi connectivity index (χ3n) is 5.72. The van der Waals surface area contributed by atoms with Crippen LogP contribution in [0.2, 0.25) is 0 Å². The van der Waals surface area contributed by atoms with Gasteiger partial charge in [-0.1, -0.05) is 12.1 Å². The molecule has 1 aromatic carbocycles. The van der Waals surface area contributed by atoms with Gasteiger partial charge in [0.25, 0.3) is 0 Å². The zero-order chi connectivity index (χ0) is 17.1. The summed E-state index contributed by atoms with van der Waals surface area (Å²) >= 11 is 0. The van der Waals surface area contributed by atoms with Crippen LogP contribution in [0.25, 0.3) is 5.69 Å². The average molecular weight is 340 g/mol. The molecular weight excluding hydrogens is 312 g/mol. The Morgan fingerprint density at radius 1 is 1.16 bits per heavy atom. The molecule has 0 aliphatic carbocycles. The number of aromatic nitrogens is 2. The van der Waals surface area contributed by atoms with Gasteiger partial charge in [0.05, 0.1) is 12.8 Å². The van der Waals surface area contributed by atoms with Crippen molar-refractivity contribution in [1.82, 2.24) is 20.0 Å². The molecule has 0 saturated carbocycles. The summed E-state index contributed by atoms with van der Waals surface area (Å²) in [6, 6.07) is 11.0. The number of ether oxygens (including phenoxy) is 1. The lowest BCUT2D eigenvalue weighted by atomic mass is 9.88. The van der Waals surface area contributed by atoms with Crippen molar-refractivity contribution in [3.05, 3.63) is 42.2 Å². The quantitative estimate of drug-likeness (QED) is 0.909. The summed E-state index contributed by atoms with van der Waals surface area (Å²) in [5, 5.41) is 8.22. The lowest BCUT2D eigenvalue weighted by molar-refractivity contribution is 0.155. The summed E-state index contributed by atoms with van der Waals surface area (Å²) in [5.74, 6) is 1.72. The second-order valence-corrected chi connectivity index (χ2v) is 7.22. The molecule has 0 spiro atoms. The van der Waals surface area contributed by atoms with Crippen LogP contribution in [0, 0.1) is 5.92 Å². The van der Waals surface area contributed by atoms with Gasteiger partial charge in [0.1, 0.15) is 11.4 Å². The summed E-state index contributed by atoms with van der Waals surface area (Å²) in [5.41, 5.74) is 2.23. The molecule has 2 aliphatic rings. The maximum Gasteiger partial charge on any atom is 0.144 e. The number of nitrogens with one attached hydrogen (secondary N) is 1. The molecule has 1 atom stereocenters. The zero-order valence-electron chi connectivity index (χ0n) is 15.0. The molecule has 5 heteroatoms. The Bertz CT molecular complexity index is 685. The van der Waals surface area contributed by atoms with Crippen LogP contribution in [0.5, 0.6) is 5.75 Å². The van der Waals surface area contributed by atoms with Gasteiger partial charge >= 0.3 is 0 Å². The number of benzene rings is 1. The fourth-order valence-corrected chi connectivity index (χ4v) is 4.33. The minimum atomic E-state index is 0.765. The molecule has 0 bridgehead atoms. The first-order valence-electron chi connectivity index (χ1n) is 9.47. The van der Waals surface area contributed by atoms with Crippen LogP contribution in [0.1, 0.15) is 31.4 Å². The van der Waals surface area contributed by atoms with E-state index in [0.29, 0.717) is 0 Å². The largest absolute Gasteiger partial charge is 0.494 e. The van der Waals surface area contributed by atoms with Crippen molar-refractivity contribution < 1.29 is 4.74 Å². The number of nitrogens with zero attached hydrogens (tertiary/aromatic N) is 3. The molecule has 0 radical (unpaired) electrons. The van der Waals surface area contributed by atoms with E-state index in [-0.39, 0.29) is 0 Å². The lowest BCUT2D eigenvalue weighted by Crippen LogP contribution is -2.40. The van der Waals surface area contributed by atoms with Crippen molar-refractivity contribution in [2.75, 3.05) is 26.7 Å². The molecule has 2 aliphatic heterocycles. The maximum absolute atomic E-state index is 5.50. The first-order valence-corrected chi connectivity index (χ1v) is 9.47. The minimum Gasteiger partial charge on any atom is -0.494 e. The van der Waals surface area contributed by atoms with E-state index in [2.05, 4.69) is 27.4 Å². The topological polar surface area (TPSA) is 42.3 Å². The van der Waals surface area contributed by atoms with Gasteiger partial charge in [-0.3, -0.25) is 4.90 Å². The highest BCUT2D eigenvalue weighted by molar-refractivity contribution is 5.46. The third kappa shape index (κ3) is 3.58. The van der Waals surface area contributed by atoms with Gasteiger partial charge in [-0.15, -0.1) is 0 Å². The molecule has 1 unspecified atom stereocenters. The van der Waals surface area contributed by atoms with Crippen molar-refractivity contribution in [1.29, 1.82) is 0 Å². The first kappa shape index (κ1) is 16.6. The van der Waals surface area contributed by atoms with Crippen molar-refractivity contribution in [2.24, 2.45) is 5.92 Å². The number of hydrogen-bond donors (Lipinski definition) is 1. The Balaban J connectivity index is 1.42. The summed E-state index contributed by atoms with van der Waals surface area (Å²) in [6.07, 6.45) is 7.21. The van der Waals surface area contributed by atoms with Gasteiger partial charge in [-0.2, -0.15) is 5.10 Å². The minimum absolute atomic E-state index is 0.765. The molecule has 5 nitrogen and oxygen atoms in total. The van der Waals surface area contributed by atoms with Crippen molar-refractivity contribution in [3.63, 3.8) is 0 Å². The Labute approximate surface area is 150 Å². The Hall–Kier alpha value is -1.85. The Kier molecular flexibility index (Phi) is 5.04. The molecule has 1 aromatic heterocycles. The molecule has 2 fully saturated rings. The van der Waals surface area contributed by atoms with E-state index in [1.807, 2.05) is 29.1 Å². The van der Waals surface area contributed by atoms with Crippen LogP contribution >= 0.6 is 0 Å². The third-order valence-corrected chi connectivity index (χ3v) is 5.72. The van der Waals surface area contributed by atoms with Crippen LogP contribution in [0.3, 0.4) is 0 Å². The van der Waals surface area contributed by atoms with Gasteiger partial charge in [-0.05, 0) is 69.4 Å². The fourth-order valence-electron chi connectivity index (χ4n) is 4.33. The maximum atomic E-state index is 5.50. The normalized spacial score (nSPS) is 22.4. The lowest BCUT2D eigenvalue weighted by Gasteiger charge is -2.34. The first-order chi connectivity index (χ1) is 12.3. The number of para-hydroxylation sites is 2. The van der Waals surface area contributed by atoms with E-state index in [1.165, 1.54) is 51.0 Å². The van der Waals surface area contributed by atoms with Gasteiger partial charge in [-0.25, -0.2) is 4.68 Å². The van der Waals surface area contributed by atoms with Crippen LogP contribution in [0.15, 0.2) is 36.5 Å². The van der Waals surface area contributed by atoms with E-state index in [9.17, 15) is 0 Å². The predicted octanol–water partition coefficient (Wildman–Crippen LogP) is 2.84. The van der Waals surface area contributed by atoms with Crippen molar-refractivity contribution in [3.8, 4) is 11.4 Å². The van der Waals surface area contributed by atoms with Crippen LogP contribution in [-0.4, -0.2) is 47.5 Å². The number of hydrogen-bond acceptors (Lipinski definition) is 4. The summed E-state index contributed by atoms with van der Waals surface area (Å²) in [7, 11) is 1.71. The highest BCUT2D eigenvalue weighted by Gasteiger charge is 2.28. The van der Waals surface area contributed by atoms with Crippen LogP contribution < -0.4 is 10.1 Å². The molecular formula is C20H28N4O. The van der Waals surface area contributed by atoms with Crippen LogP contribution in [-0.2, 0) is 6.54 Å². The molecule has 2 saturated heterocycles. The molecule has 4 rings (SSSR count). The van der Waals surface area contributed by atoms with Gasteiger partial charge in [0.2, 0.25) is 0 Å². The standard InChI is InChI=1S/C20H28N4O/c1-25-20-7-3-2-6-19(20)24-17(8-12-22-24)15-23-13-9-16(10-14-23)18-5-4-11-21-18/h2-3,6-8,12,16,18,21H,4-5,9-11,13-15H2,1H3. The second kappa shape index (κ2) is 7.58. The molecule has 0 amide bonds. The Morgan fingerprint density at radius 2 is 2.00 bits per heavy atom. The van der Waals surface area contributed by atoms with Crippen molar-refractivity contribution in [2.45, 2.75) is 38.3 Å². The van der Waals surface area contributed by atoms with E-state index in [4.69, 9.17) is 4.74 Å². The SMILES string of the molecule is COc1ccccc1-n1nccc1CN1CCC(C2CCCN2)CC1. The summed E-state index contributed by atoms with van der Waals surface area (Å²) in [6.45, 7) is 4.52. The summed E-state index contributed by atoms with van der Waals surface area (Å²) in [4.78, 5) is 2.56. The average Bonchev–Trinajstić information content (AvgIpc) is 3.34. The van der Waals surface area contributed by atoms with E-state index >= 15 is 0 Å². The number of piperidine rings is 1. The molecule has 3 heterocycles. The highest BCUT2D eigenvalue weighted by atomic mass is 16.5. The fraction of sp³-hybridized carbons (Fsp3) is 0.550. The second-order valence-electron chi connectivity index (χ2n) is 7.22. The highest BCUT2D eigenvalue weighted by Crippen LogP contribution is 2.27. The van der Waals surface area contributed by atoms with Gasteiger partial charge in [0, 0.05) is 18.8 Å². The smallest absolute Gasteiger partial charge is 0.144 e. The monoisotopic (exact) mass is 340 g/mol. The van der Waals surface area contributed by atoms with E-state index < -0.39 is 0 Å².